The number of hydrogen-bond acceptors (Lipinski definition) is 3. The highest BCUT2D eigenvalue weighted by Crippen LogP contribution is 2.28. The Bertz CT molecular complexity index is 557. The molecule has 0 bridgehead atoms. The van der Waals surface area contributed by atoms with E-state index in [1.807, 2.05) is 13.0 Å². The number of halogens is 1. The van der Waals surface area contributed by atoms with E-state index in [0.29, 0.717) is 11.1 Å². The molecule has 3 nitrogen and oxygen atoms in total. The van der Waals surface area contributed by atoms with Crippen LogP contribution in [0, 0.1) is 12.7 Å². The molecule has 0 aliphatic rings. The second-order valence-corrected chi connectivity index (χ2v) is 4.03. The average molecular weight is 247 g/mol. The highest BCUT2D eigenvalue weighted by molar-refractivity contribution is 5.37. The van der Waals surface area contributed by atoms with Crippen LogP contribution in [0.1, 0.15) is 22.8 Å². The zero-order valence-corrected chi connectivity index (χ0v) is 10.2. The molecule has 1 aromatic carbocycles. The van der Waals surface area contributed by atoms with E-state index in [2.05, 4.69) is 4.98 Å². The summed E-state index contributed by atoms with van der Waals surface area (Å²) in [6.07, 6.45) is 2.43. The predicted molar refractivity (Wildman–Crippen MR) is 66.0 cm³/mol. The topological polar surface area (TPSA) is 42.4 Å². The fraction of sp³-hybridized carbons (Fsp3) is 0.214. The number of methoxy groups -OCH3 is 1. The molecule has 0 saturated carbocycles. The van der Waals surface area contributed by atoms with Gasteiger partial charge in [0.1, 0.15) is 6.10 Å². The number of hydrogen-bond donors (Lipinski definition) is 1. The first-order valence-electron chi connectivity index (χ1n) is 5.55. The van der Waals surface area contributed by atoms with Gasteiger partial charge in [-0.2, -0.15) is 0 Å². The Labute approximate surface area is 105 Å². The first-order valence-corrected chi connectivity index (χ1v) is 5.55. The first kappa shape index (κ1) is 12.5. The fourth-order valence-corrected chi connectivity index (χ4v) is 1.79. The number of benzene rings is 1. The van der Waals surface area contributed by atoms with E-state index in [4.69, 9.17) is 4.74 Å². The lowest BCUT2D eigenvalue weighted by atomic mass is 9.99. The van der Waals surface area contributed by atoms with Gasteiger partial charge in [-0.25, -0.2) is 4.39 Å². The molecule has 0 fully saturated rings. The maximum Gasteiger partial charge on any atom is 0.165 e. The minimum atomic E-state index is -0.840. The zero-order valence-electron chi connectivity index (χ0n) is 10.2. The van der Waals surface area contributed by atoms with E-state index in [-0.39, 0.29) is 5.75 Å². The summed E-state index contributed by atoms with van der Waals surface area (Å²) in [5.74, 6) is -0.329. The number of pyridine rings is 1. The summed E-state index contributed by atoms with van der Waals surface area (Å²) in [4.78, 5) is 3.99. The molecule has 1 aromatic heterocycles. The second-order valence-electron chi connectivity index (χ2n) is 4.03. The summed E-state index contributed by atoms with van der Waals surface area (Å²) >= 11 is 0. The third kappa shape index (κ3) is 2.33. The lowest BCUT2D eigenvalue weighted by Crippen LogP contribution is -2.03. The van der Waals surface area contributed by atoms with E-state index in [1.54, 1.807) is 12.4 Å². The van der Waals surface area contributed by atoms with E-state index in [9.17, 15) is 9.50 Å². The smallest absolute Gasteiger partial charge is 0.165 e. The quantitative estimate of drug-likeness (QED) is 0.906. The van der Waals surface area contributed by atoms with Gasteiger partial charge in [0.2, 0.25) is 0 Å². The number of nitrogens with zero attached hydrogens (tertiary/aromatic N) is 1. The molecule has 2 rings (SSSR count). The summed E-state index contributed by atoms with van der Waals surface area (Å²) in [6, 6.07) is 6.13. The van der Waals surface area contributed by atoms with Crippen LogP contribution in [-0.2, 0) is 0 Å². The number of ether oxygens (including phenoxy) is 1. The third-order valence-electron chi connectivity index (χ3n) is 2.87. The third-order valence-corrected chi connectivity index (χ3v) is 2.87. The van der Waals surface area contributed by atoms with Crippen molar-refractivity contribution in [2.45, 2.75) is 13.0 Å². The summed E-state index contributed by atoms with van der Waals surface area (Å²) < 4.78 is 18.2. The van der Waals surface area contributed by atoms with Gasteiger partial charge in [0.05, 0.1) is 7.11 Å². The van der Waals surface area contributed by atoms with E-state index < -0.39 is 11.9 Å². The number of aryl methyl sites for hydroxylation is 1. The second kappa shape index (κ2) is 5.14. The van der Waals surface area contributed by atoms with Crippen LogP contribution < -0.4 is 4.74 Å². The van der Waals surface area contributed by atoms with Crippen LogP contribution in [0.3, 0.4) is 0 Å². The summed E-state index contributed by atoms with van der Waals surface area (Å²) in [7, 11) is 1.39. The van der Waals surface area contributed by atoms with Gasteiger partial charge in [0.25, 0.3) is 0 Å². The number of rotatable bonds is 3. The van der Waals surface area contributed by atoms with E-state index in [1.165, 1.54) is 25.3 Å². The van der Waals surface area contributed by atoms with Crippen molar-refractivity contribution in [2.75, 3.05) is 7.11 Å². The van der Waals surface area contributed by atoms with E-state index in [0.717, 1.165) is 5.56 Å². The van der Waals surface area contributed by atoms with Crippen LogP contribution in [0.25, 0.3) is 0 Å². The summed E-state index contributed by atoms with van der Waals surface area (Å²) in [5, 5.41) is 10.3. The highest BCUT2D eigenvalue weighted by atomic mass is 19.1. The Kier molecular flexibility index (Phi) is 3.58. The molecule has 1 atom stereocenters. The Morgan fingerprint density at radius 2 is 2.11 bits per heavy atom. The molecule has 1 N–H and O–H groups in total. The van der Waals surface area contributed by atoms with Crippen molar-refractivity contribution < 1.29 is 14.2 Å². The standard InChI is InChI=1S/C14H14FNO2/c1-9-5-6-16-8-11(9)14(17)10-3-4-12(15)13(7-10)18-2/h3-8,14,17H,1-2H3. The van der Waals surface area contributed by atoms with Crippen molar-refractivity contribution in [2.24, 2.45) is 0 Å². The maximum atomic E-state index is 13.3. The molecule has 0 saturated heterocycles. The van der Waals surface area contributed by atoms with Crippen molar-refractivity contribution in [1.29, 1.82) is 0 Å². The number of aliphatic hydroxyl groups is 1. The molecule has 0 spiro atoms. The molecule has 1 heterocycles. The maximum absolute atomic E-state index is 13.3. The number of aliphatic hydroxyl groups excluding tert-OH is 1. The van der Waals surface area contributed by atoms with Gasteiger partial charge in [0.15, 0.2) is 11.6 Å². The molecule has 18 heavy (non-hydrogen) atoms. The van der Waals surface area contributed by atoms with Gasteiger partial charge >= 0.3 is 0 Å². The molecular weight excluding hydrogens is 233 g/mol. The summed E-state index contributed by atoms with van der Waals surface area (Å²) in [5.41, 5.74) is 2.20. The lowest BCUT2D eigenvalue weighted by molar-refractivity contribution is 0.218. The molecule has 1 unspecified atom stereocenters. The largest absolute Gasteiger partial charge is 0.494 e. The van der Waals surface area contributed by atoms with Gasteiger partial charge in [0, 0.05) is 18.0 Å². The summed E-state index contributed by atoms with van der Waals surface area (Å²) in [6.45, 7) is 1.89. The monoisotopic (exact) mass is 247 g/mol. The molecule has 0 radical (unpaired) electrons. The average Bonchev–Trinajstić information content (AvgIpc) is 2.39. The fourth-order valence-electron chi connectivity index (χ4n) is 1.79. The molecule has 0 aliphatic heterocycles. The Balaban J connectivity index is 2.40. The lowest BCUT2D eigenvalue weighted by Gasteiger charge is -2.14. The van der Waals surface area contributed by atoms with Crippen LogP contribution in [0.4, 0.5) is 4.39 Å². The minimum absolute atomic E-state index is 0.119. The van der Waals surface area contributed by atoms with Crippen molar-refractivity contribution >= 4 is 0 Å². The molecule has 2 aromatic rings. The highest BCUT2D eigenvalue weighted by Gasteiger charge is 2.15. The van der Waals surface area contributed by atoms with Crippen LogP contribution >= 0.6 is 0 Å². The molecule has 94 valence electrons. The van der Waals surface area contributed by atoms with Crippen LogP contribution in [0.2, 0.25) is 0 Å². The Morgan fingerprint density at radius 3 is 2.78 bits per heavy atom. The van der Waals surface area contributed by atoms with Gasteiger partial charge in [-0.1, -0.05) is 6.07 Å². The zero-order chi connectivity index (χ0) is 13.1. The predicted octanol–water partition coefficient (Wildman–Crippen LogP) is 2.62. The molecular formula is C14H14FNO2. The first-order chi connectivity index (χ1) is 8.63. The molecule has 0 aliphatic carbocycles. The number of aromatic nitrogens is 1. The van der Waals surface area contributed by atoms with Gasteiger partial charge in [-0.05, 0) is 36.2 Å². The SMILES string of the molecule is COc1cc(C(O)c2cnccc2C)ccc1F. The van der Waals surface area contributed by atoms with E-state index >= 15 is 0 Å². The van der Waals surface area contributed by atoms with Crippen molar-refractivity contribution in [3.05, 3.63) is 59.2 Å². The van der Waals surface area contributed by atoms with Gasteiger partial charge in [-0.3, -0.25) is 4.98 Å². The van der Waals surface area contributed by atoms with Crippen LogP contribution in [0.15, 0.2) is 36.7 Å². The van der Waals surface area contributed by atoms with Crippen molar-refractivity contribution in [3.8, 4) is 5.75 Å². The van der Waals surface area contributed by atoms with Gasteiger partial charge < -0.3 is 9.84 Å². The van der Waals surface area contributed by atoms with Crippen molar-refractivity contribution in [1.82, 2.24) is 4.98 Å². The van der Waals surface area contributed by atoms with Crippen molar-refractivity contribution in [3.63, 3.8) is 0 Å². The Morgan fingerprint density at radius 1 is 1.33 bits per heavy atom. The normalized spacial score (nSPS) is 12.2. The molecule has 4 heteroatoms. The minimum Gasteiger partial charge on any atom is -0.494 e. The van der Waals surface area contributed by atoms with Crippen LogP contribution in [-0.4, -0.2) is 17.2 Å². The molecule has 0 amide bonds. The van der Waals surface area contributed by atoms with Gasteiger partial charge in [-0.15, -0.1) is 0 Å². The van der Waals surface area contributed by atoms with Crippen LogP contribution in [0.5, 0.6) is 5.75 Å². The Hall–Kier alpha value is -1.94.